The van der Waals surface area contributed by atoms with Gasteiger partial charge in [0.1, 0.15) is 0 Å². The first-order valence-corrected chi connectivity index (χ1v) is 8.77. The predicted octanol–water partition coefficient (Wildman–Crippen LogP) is 3.92. The van der Waals surface area contributed by atoms with Gasteiger partial charge in [-0.05, 0) is 49.3 Å². The molecule has 2 aromatic carbocycles. The number of fused-ring (bicyclic) bond motifs is 1. The predicted molar refractivity (Wildman–Crippen MR) is 105 cm³/mol. The van der Waals surface area contributed by atoms with Gasteiger partial charge in [-0.15, -0.1) is 0 Å². The second kappa shape index (κ2) is 7.23. The van der Waals surface area contributed by atoms with E-state index in [-0.39, 0.29) is 24.1 Å². The second-order valence-electron chi connectivity index (χ2n) is 6.54. The first kappa shape index (κ1) is 18.4. The van der Waals surface area contributed by atoms with Crippen molar-refractivity contribution in [2.45, 2.75) is 13.8 Å². The highest BCUT2D eigenvalue weighted by Crippen LogP contribution is 2.33. The molecule has 0 bridgehead atoms. The lowest BCUT2D eigenvalue weighted by molar-refractivity contribution is -0.385. The summed E-state index contributed by atoms with van der Waals surface area (Å²) in [5, 5.41) is 11.1. The molecule has 0 unspecified atom stereocenters. The Labute approximate surface area is 165 Å². The molecule has 0 radical (unpaired) electrons. The van der Waals surface area contributed by atoms with Gasteiger partial charge < -0.3 is 14.2 Å². The smallest absolute Gasteiger partial charge is 0.363 e. The molecular weight excluding hydrogens is 376 g/mol. The van der Waals surface area contributed by atoms with E-state index in [1.54, 1.807) is 19.1 Å². The van der Waals surface area contributed by atoms with Crippen molar-refractivity contribution in [3.05, 3.63) is 80.5 Å². The van der Waals surface area contributed by atoms with E-state index in [0.29, 0.717) is 22.6 Å². The van der Waals surface area contributed by atoms with E-state index in [4.69, 9.17) is 14.2 Å². The Hall–Kier alpha value is -3.94. The third-order valence-electron chi connectivity index (χ3n) is 4.51. The molecule has 0 fully saturated rings. The van der Waals surface area contributed by atoms with E-state index in [1.165, 1.54) is 12.1 Å². The summed E-state index contributed by atoms with van der Waals surface area (Å²) < 4.78 is 15.9. The minimum absolute atomic E-state index is 0.0540. The quantitative estimate of drug-likeness (QED) is 0.338. The Balaban J connectivity index is 1.63. The highest BCUT2D eigenvalue weighted by molar-refractivity contribution is 6.12. The minimum Gasteiger partial charge on any atom is -0.454 e. The molecule has 0 aliphatic carbocycles. The third kappa shape index (κ3) is 3.60. The van der Waals surface area contributed by atoms with Gasteiger partial charge in [0.2, 0.25) is 12.7 Å². The van der Waals surface area contributed by atoms with Gasteiger partial charge in [0.15, 0.2) is 17.2 Å². The summed E-state index contributed by atoms with van der Waals surface area (Å²) in [7, 11) is 0. The lowest BCUT2D eigenvalue weighted by Crippen LogP contribution is -2.08. The summed E-state index contributed by atoms with van der Waals surface area (Å²) in [6.45, 7) is 3.62. The van der Waals surface area contributed by atoms with Gasteiger partial charge in [0.05, 0.1) is 4.92 Å². The number of carbonyl (C=O) groups is 1. The molecule has 0 saturated heterocycles. The highest BCUT2D eigenvalue weighted by Gasteiger charge is 2.27. The highest BCUT2D eigenvalue weighted by atomic mass is 16.7. The molecule has 0 spiro atoms. The molecule has 0 amide bonds. The number of ether oxygens (including phenoxy) is 3. The number of benzene rings is 2. The van der Waals surface area contributed by atoms with Crippen molar-refractivity contribution in [3.63, 3.8) is 0 Å². The maximum atomic E-state index is 12.2. The van der Waals surface area contributed by atoms with Crippen LogP contribution in [0.4, 0.5) is 5.69 Å². The third-order valence-corrected chi connectivity index (χ3v) is 4.51. The fourth-order valence-electron chi connectivity index (χ4n) is 3.10. The number of cyclic esters (lactones) is 1. The lowest BCUT2D eigenvalue weighted by Gasteiger charge is -2.04. The van der Waals surface area contributed by atoms with Gasteiger partial charge in [-0.1, -0.05) is 18.2 Å². The number of rotatable bonds is 4. The number of hydrogen-bond donors (Lipinski definition) is 0. The zero-order valence-electron chi connectivity index (χ0n) is 15.7. The first-order chi connectivity index (χ1) is 13.9. The summed E-state index contributed by atoms with van der Waals surface area (Å²) in [6, 6.07) is 10.1. The van der Waals surface area contributed by atoms with E-state index in [2.05, 4.69) is 4.99 Å². The molecule has 0 N–H and O–H groups in total. The topological polar surface area (TPSA) is 100 Å². The fourth-order valence-corrected chi connectivity index (χ4v) is 3.10. The number of esters is 1. The molecule has 2 heterocycles. The Morgan fingerprint density at radius 3 is 2.79 bits per heavy atom. The zero-order valence-corrected chi connectivity index (χ0v) is 15.7. The van der Waals surface area contributed by atoms with Crippen LogP contribution in [0.1, 0.15) is 23.6 Å². The van der Waals surface area contributed by atoms with Crippen molar-refractivity contribution < 1.29 is 23.9 Å². The van der Waals surface area contributed by atoms with Crippen LogP contribution in [-0.2, 0) is 9.53 Å². The Bertz CT molecular complexity index is 1130. The molecule has 2 aromatic rings. The number of nitro benzene ring substituents is 1. The molecule has 146 valence electrons. The summed E-state index contributed by atoms with van der Waals surface area (Å²) >= 11 is 0. The average Bonchev–Trinajstić information content (AvgIpc) is 3.28. The van der Waals surface area contributed by atoms with Crippen LogP contribution in [0.25, 0.3) is 6.08 Å². The minimum atomic E-state index is -0.607. The van der Waals surface area contributed by atoms with Crippen LogP contribution >= 0.6 is 0 Å². The van der Waals surface area contributed by atoms with Crippen molar-refractivity contribution in [3.8, 4) is 11.5 Å². The Kier molecular flexibility index (Phi) is 4.59. The van der Waals surface area contributed by atoms with Gasteiger partial charge in [0.25, 0.3) is 5.69 Å². The molecule has 4 rings (SSSR count). The van der Waals surface area contributed by atoms with E-state index in [0.717, 1.165) is 11.1 Å². The van der Waals surface area contributed by atoms with Crippen LogP contribution in [0, 0.1) is 17.0 Å². The van der Waals surface area contributed by atoms with E-state index >= 15 is 0 Å². The molecule has 2 aliphatic rings. The maximum Gasteiger partial charge on any atom is 0.363 e. The van der Waals surface area contributed by atoms with Crippen molar-refractivity contribution in [2.75, 3.05) is 6.79 Å². The molecule has 8 heteroatoms. The van der Waals surface area contributed by atoms with Crippen LogP contribution in [0.2, 0.25) is 0 Å². The van der Waals surface area contributed by atoms with Gasteiger partial charge in [-0.25, -0.2) is 9.79 Å². The number of nitrogens with zero attached hydrogens (tertiary/aromatic N) is 2. The van der Waals surface area contributed by atoms with E-state index in [9.17, 15) is 14.9 Å². The summed E-state index contributed by atoms with van der Waals surface area (Å²) in [5.41, 5.74) is 2.52. The first-order valence-electron chi connectivity index (χ1n) is 8.77. The number of nitro groups is 1. The van der Waals surface area contributed by atoms with Gasteiger partial charge in [-0.3, -0.25) is 10.1 Å². The fraction of sp³-hybridized carbons (Fsp3) is 0.143. The zero-order chi connectivity index (χ0) is 20.5. The van der Waals surface area contributed by atoms with Crippen LogP contribution in [-0.4, -0.2) is 23.6 Å². The molecule has 0 aromatic heterocycles. The molecule has 0 saturated carbocycles. The van der Waals surface area contributed by atoms with E-state index in [1.807, 2.05) is 31.2 Å². The van der Waals surface area contributed by atoms with E-state index < -0.39 is 10.9 Å². The number of aliphatic imine (C=N–C) groups is 1. The number of hydrogen-bond acceptors (Lipinski definition) is 7. The molecular formula is C21H16N2O6. The van der Waals surface area contributed by atoms with Crippen LogP contribution in [0.5, 0.6) is 11.5 Å². The Morgan fingerprint density at radius 2 is 2.00 bits per heavy atom. The largest absolute Gasteiger partial charge is 0.454 e. The van der Waals surface area contributed by atoms with Crippen molar-refractivity contribution >= 4 is 23.6 Å². The summed E-state index contributed by atoms with van der Waals surface area (Å²) in [4.78, 5) is 27.1. The molecule has 2 aliphatic heterocycles. The molecule has 29 heavy (non-hydrogen) atoms. The molecule has 8 nitrogen and oxygen atoms in total. The van der Waals surface area contributed by atoms with Gasteiger partial charge >= 0.3 is 5.97 Å². The maximum absolute atomic E-state index is 12.2. The Morgan fingerprint density at radius 1 is 1.21 bits per heavy atom. The van der Waals surface area contributed by atoms with Gasteiger partial charge in [0, 0.05) is 17.2 Å². The second-order valence-corrected chi connectivity index (χ2v) is 6.54. The molecule has 0 atom stereocenters. The summed E-state index contributed by atoms with van der Waals surface area (Å²) in [5.74, 6) is 0.808. The van der Waals surface area contributed by atoms with Crippen LogP contribution in [0.15, 0.2) is 58.7 Å². The van der Waals surface area contributed by atoms with Gasteiger partial charge in [-0.2, -0.15) is 0 Å². The normalized spacial score (nSPS) is 16.8. The van der Waals surface area contributed by atoms with Crippen LogP contribution < -0.4 is 9.47 Å². The standard InChI is InChI=1S/C21H16N2O6/c1-12(8-14-6-7-18-19(10-14)28-11-27-18)9-16-21(24)29-20(22-16)15-4-3-5-17(13(15)2)23(25)26/h3-10H,11H2,1-2H3/b12-8+,16-9-. The monoisotopic (exact) mass is 392 g/mol. The average molecular weight is 392 g/mol. The van der Waals surface area contributed by atoms with Crippen LogP contribution in [0.3, 0.4) is 0 Å². The summed E-state index contributed by atoms with van der Waals surface area (Å²) in [6.07, 6.45) is 3.47. The van der Waals surface area contributed by atoms with Crippen molar-refractivity contribution in [1.82, 2.24) is 0 Å². The number of carbonyl (C=O) groups excluding carboxylic acids is 1. The van der Waals surface area contributed by atoms with Crippen molar-refractivity contribution in [2.24, 2.45) is 4.99 Å². The lowest BCUT2D eigenvalue weighted by atomic mass is 10.1. The number of allylic oxidation sites excluding steroid dienone is 2. The SMILES string of the molecule is CC(/C=C1\N=C(c2cccc([N+](=O)[O-])c2C)OC1=O)=C\c1ccc2c(c1)OCO2. The van der Waals surface area contributed by atoms with Crippen molar-refractivity contribution in [1.29, 1.82) is 0 Å².